The standard InChI is InChI=1S/C17H24N2O2S/c1-13(2)11-17(21)19-8-5-15(6-9-19)18-16(20)4-3-14-7-10-22-12-14/h3-4,7,10,12-13,15H,5-6,8-9,11H2,1-2H3,(H,18,20)/b4-3-. The second-order valence-corrected chi connectivity index (χ2v) is 6.93. The van der Waals surface area contributed by atoms with Crippen molar-refractivity contribution in [1.29, 1.82) is 0 Å². The lowest BCUT2D eigenvalue weighted by Gasteiger charge is -2.32. The fourth-order valence-electron chi connectivity index (χ4n) is 2.54. The summed E-state index contributed by atoms with van der Waals surface area (Å²) in [6.45, 7) is 5.60. The van der Waals surface area contributed by atoms with Crippen LogP contribution in [0.5, 0.6) is 0 Å². The summed E-state index contributed by atoms with van der Waals surface area (Å²) in [5, 5.41) is 7.01. The van der Waals surface area contributed by atoms with E-state index < -0.39 is 0 Å². The van der Waals surface area contributed by atoms with E-state index in [-0.39, 0.29) is 17.9 Å². The minimum atomic E-state index is -0.0573. The van der Waals surface area contributed by atoms with Crippen LogP contribution in [-0.4, -0.2) is 35.8 Å². The second kappa shape index (κ2) is 8.13. The Morgan fingerprint density at radius 1 is 1.41 bits per heavy atom. The smallest absolute Gasteiger partial charge is 0.244 e. The molecule has 1 saturated heterocycles. The van der Waals surface area contributed by atoms with Gasteiger partial charge in [0.2, 0.25) is 11.8 Å². The maximum absolute atomic E-state index is 12.0. The van der Waals surface area contributed by atoms with Crippen LogP contribution in [0.15, 0.2) is 22.9 Å². The van der Waals surface area contributed by atoms with E-state index in [1.165, 1.54) is 0 Å². The molecule has 0 saturated carbocycles. The molecule has 0 aliphatic carbocycles. The highest BCUT2D eigenvalue weighted by molar-refractivity contribution is 7.08. The number of likely N-dealkylation sites (tertiary alicyclic amines) is 1. The van der Waals surface area contributed by atoms with Crippen molar-refractivity contribution in [2.45, 2.75) is 39.2 Å². The van der Waals surface area contributed by atoms with Crippen molar-refractivity contribution in [3.05, 3.63) is 28.5 Å². The van der Waals surface area contributed by atoms with E-state index >= 15 is 0 Å². The van der Waals surface area contributed by atoms with Crippen LogP contribution < -0.4 is 5.32 Å². The minimum Gasteiger partial charge on any atom is -0.350 e. The number of amides is 2. The van der Waals surface area contributed by atoms with Gasteiger partial charge in [0.25, 0.3) is 0 Å². The van der Waals surface area contributed by atoms with Crippen LogP contribution in [0.2, 0.25) is 0 Å². The predicted molar refractivity (Wildman–Crippen MR) is 90.6 cm³/mol. The van der Waals surface area contributed by atoms with Gasteiger partial charge < -0.3 is 10.2 Å². The lowest BCUT2D eigenvalue weighted by Crippen LogP contribution is -2.46. The Morgan fingerprint density at radius 2 is 2.14 bits per heavy atom. The van der Waals surface area contributed by atoms with Gasteiger partial charge >= 0.3 is 0 Å². The molecule has 0 aromatic carbocycles. The molecule has 5 heteroatoms. The van der Waals surface area contributed by atoms with E-state index in [4.69, 9.17) is 0 Å². The van der Waals surface area contributed by atoms with Crippen molar-refractivity contribution >= 4 is 29.2 Å². The molecule has 1 aromatic heterocycles. The van der Waals surface area contributed by atoms with Crippen LogP contribution >= 0.6 is 11.3 Å². The number of piperidine rings is 1. The topological polar surface area (TPSA) is 49.4 Å². The predicted octanol–water partition coefficient (Wildman–Crippen LogP) is 2.91. The maximum Gasteiger partial charge on any atom is 0.244 e. The Balaban J connectivity index is 1.73. The van der Waals surface area contributed by atoms with E-state index in [9.17, 15) is 9.59 Å². The number of carbonyl (C=O) groups is 2. The quantitative estimate of drug-likeness (QED) is 0.848. The summed E-state index contributed by atoms with van der Waals surface area (Å²) >= 11 is 1.61. The molecule has 0 bridgehead atoms. The Labute approximate surface area is 136 Å². The Kier molecular flexibility index (Phi) is 6.19. The monoisotopic (exact) mass is 320 g/mol. The van der Waals surface area contributed by atoms with Gasteiger partial charge in [0.05, 0.1) is 0 Å². The van der Waals surface area contributed by atoms with Gasteiger partial charge in [-0.05, 0) is 47.2 Å². The summed E-state index contributed by atoms with van der Waals surface area (Å²) in [6.07, 6.45) is 5.69. The van der Waals surface area contributed by atoms with E-state index in [1.807, 2.05) is 27.8 Å². The Hall–Kier alpha value is -1.62. The molecule has 2 rings (SSSR count). The molecule has 1 fully saturated rings. The minimum absolute atomic E-state index is 0.0573. The zero-order valence-corrected chi connectivity index (χ0v) is 14.1. The van der Waals surface area contributed by atoms with Gasteiger partial charge in [-0.1, -0.05) is 13.8 Å². The largest absolute Gasteiger partial charge is 0.350 e. The van der Waals surface area contributed by atoms with Crippen LogP contribution in [0.1, 0.15) is 38.7 Å². The summed E-state index contributed by atoms with van der Waals surface area (Å²) < 4.78 is 0. The molecule has 120 valence electrons. The number of hydrogen-bond acceptors (Lipinski definition) is 3. The van der Waals surface area contributed by atoms with Crippen LogP contribution in [0, 0.1) is 5.92 Å². The molecule has 0 spiro atoms. The number of carbonyl (C=O) groups excluding carboxylic acids is 2. The summed E-state index contributed by atoms with van der Waals surface area (Å²) in [6, 6.07) is 2.15. The molecule has 1 aromatic rings. The molecule has 1 aliphatic heterocycles. The third-order valence-electron chi connectivity index (χ3n) is 3.75. The van der Waals surface area contributed by atoms with Crippen LogP contribution in [-0.2, 0) is 9.59 Å². The number of rotatable bonds is 5. The van der Waals surface area contributed by atoms with Crippen molar-refractivity contribution in [3.8, 4) is 0 Å². The van der Waals surface area contributed by atoms with Gasteiger partial charge in [-0.3, -0.25) is 9.59 Å². The fourth-order valence-corrected chi connectivity index (χ4v) is 3.17. The molecule has 0 atom stereocenters. The fraction of sp³-hybridized carbons (Fsp3) is 0.529. The first-order valence-electron chi connectivity index (χ1n) is 7.83. The molecule has 4 nitrogen and oxygen atoms in total. The lowest BCUT2D eigenvalue weighted by molar-refractivity contribution is -0.133. The average molecular weight is 320 g/mol. The molecule has 0 radical (unpaired) electrons. The second-order valence-electron chi connectivity index (χ2n) is 6.15. The van der Waals surface area contributed by atoms with Gasteiger partial charge in [0.1, 0.15) is 0 Å². The third kappa shape index (κ3) is 5.30. The van der Waals surface area contributed by atoms with Gasteiger partial charge in [0.15, 0.2) is 0 Å². The molecule has 1 aliphatic rings. The molecule has 0 unspecified atom stereocenters. The zero-order valence-electron chi connectivity index (χ0n) is 13.2. The van der Waals surface area contributed by atoms with Crippen molar-refractivity contribution in [2.75, 3.05) is 13.1 Å². The number of hydrogen-bond donors (Lipinski definition) is 1. The molecule has 1 N–H and O–H groups in total. The summed E-state index contributed by atoms with van der Waals surface area (Å²) in [5.74, 6) is 0.572. The number of thiophene rings is 1. The first-order valence-corrected chi connectivity index (χ1v) is 8.77. The molecular formula is C17H24N2O2S. The average Bonchev–Trinajstić information content (AvgIpc) is 2.98. The number of nitrogens with zero attached hydrogens (tertiary/aromatic N) is 1. The van der Waals surface area contributed by atoms with Crippen molar-refractivity contribution in [3.63, 3.8) is 0 Å². The van der Waals surface area contributed by atoms with Crippen molar-refractivity contribution in [1.82, 2.24) is 10.2 Å². The van der Waals surface area contributed by atoms with Crippen LogP contribution in [0.3, 0.4) is 0 Å². The molecular weight excluding hydrogens is 296 g/mol. The highest BCUT2D eigenvalue weighted by Crippen LogP contribution is 2.14. The Bertz CT molecular complexity index is 515. The zero-order chi connectivity index (χ0) is 15.9. The summed E-state index contributed by atoms with van der Waals surface area (Å²) in [7, 11) is 0. The van der Waals surface area contributed by atoms with Crippen LogP contribution in [0.25, 0.3) is 6.08 Å². The third-order valence-corrected chi connectivity index (χ3v) is 4.45. The van der Waals surface area contributed by atoms with Gasteiger partial charge in [-0.25, -0.2) is 0 Å². The van der Waals surface area contributed by atoms with E-state index in [0.29, 0.717) is 12.3 Å². The van der Waals surface area contributed by atoms with Crippen molar-refractivity contribution < 1.29 is 9.59 Å². The Morgan fingerprint density at radius 3 is 2.73 bits per heavy atom. The SMILES string of the molecule is CC(C)CC(=O)N1CCC(NC(=O)/C=C\c2ccsc2)CC1. The number of nitrogens with one attached hydrogen (secondary N) is 1. The first-order chi connectivity index (χ1) is 10.5. The first kappa shape index (κ1) is 16.7. The summed E-state index contributed by atoms with van der Waals surface area (Å²) in [5.41, 5.74) is 1.05. The highest BCUT2D eigenvalue weighted by Gasteiger charge is 2.23. The lowest BCUT2D eigenvalue weighted by atomic mass is 10.0. The van der Waals surface area contributed by atoms with Crippen LogP contribution in [0.4, 0.5) is 0 Å². The van der Waals surface area contributed by atoms with Gasteiger partial charge in [0, 0.05) is 31.6 Å². The summed E-state index contributed by atoms with van der Waals surface area (Å²) in [4.78, 5) is 25.8. The van der Waals surface area contributed by atoms with Gasteiger partial charge in [-0.15, -0.1) is 0 Å². The maximum atomic E-state index is 12.0. The molecule has 22 heavy (non-hydrogen) atoms. The highest BCUT2D eigenvalue weighted by atomic mass is 32.1. The van der Waals surface area contributed by atoms with E-state index in [0.717, 1.165) is 31.5 Å². The van der Waals surface area contributed by atoms with E-state index in [1.54, 1.807) is 17.4 Å². The van der Waals surface area contributed by atoms with Crippen molar-refractivity contribution in [2.24, 2.45) is 5.92 Å². The van der Waals surface area contributed by atoms with E-state index in [2.05, 4.69) is 19.2 Å². The normalized spacial score (nSPS) is 16.4. The molecule has 2 amide bonds. The molecule has 2 heterocycles. The van der Waals surface area contributed by atoms with Gasteiger partial charge in [-0.2, -0.15) is 11.3 Å².